The van der Waals surface area contributed by atoms with Crippen LogP contribution in [0.25, 0.3) is 0 Å². The molecule has 3 amide bonds. The quantitative estimate of drug-likeness (QED) is 0.0968. The van der Waals surface area contributed by atoms with Crippen molar-refractivity contribution < 1.29 is 82.5 Å². The number of likely N-dealkylation sites (N-methyl/N-ethyl adjacent to an activating group) is 2. The molecule has 26 nitrogen and oxygen atoms in total. The Morgan fingerprint density at radius 1 is 0.381 bits per heavy atom. The van der Waals surface area contributed by atoms with Gasteiger partial charge in [-0.3, -0.25) is 24.0 Å². The molecule has 5 N–H and O–H groups in total. The zero-order chi connectivity index (χ0) is 103. The summed E-state index contributed by atoms with van der Waals surface area (Å²) < 4.78 is 148. The van der Waals surface area contributed by atoms with Gasteiger partial charge in [0.15, 0.2) is 18.9 Å². The Morgan fingerprint density at radius 2 is 0.701 bits per heavy atom. The lowest BCUT2D eigenvalue weighted by molar-refractivity contribution is -0.249. The third-order valence-corrected chi connectivity index (χ3v) is 44.4. The van der Waals surface area contributed by atoms with E-state index in [4.69, 9.17) is 77.4 Å². The van der Waals surface area contributed by atoms with Gasteiger partial charge in [0.05, 0.1) is 115 Å². The van der Waals surface area contributed by atoms with Gasteiger partial charge in [-0.25, -0.2) is 34.9 Å². The van der Waals surface area contributed by atoms with E-state index >= 15 is 0 Å². The Balaban J connectivity index is 0.000000134. The maximum atomic E-state index is 13.9. The first-order chi connectivity index (χ1) is 70.6. The van der Waals surface area contributed by atoms with Gasteiger partial charge in [-0.2, -0.15) is 0 Å². The number of fused-ring (bicyclic) bond motifs is 12. The van der Waals surface area contributed by atoms with Crippen LogP contribution in [0.4, 0.5) is 21.5 Å². The summed E-state index contributed by atoms with van der Waals surface area (Å²) in [6.07, 6.45) is 21.9. The van der Waals surface area contributed by atoms with Crippen LogP contribution in [0.5, 0.6) is 17.2 Å². The van der Waals surface area contributed by atoms with E-state index in [2.05, 4.69) is 93.6 Å². The molecule has 7 fully saturated rings. The van der Waals surface area contributed by atoms with Crippen molar-refractivity contribution in [3.8, 4) is 17.2 Å². The fraction of sp³-hybridized carbons (Fsp3) is 0.649. The summed E-state index contributed by atoms with van der Waals surface area (Å²) >= 11 is 19.4. The number of hydrogen-bond acceptors (Lipinski definition) is 23. The first-order valence-corrected chi connectivity index (χ1v) is 60.8. The number of carbonyl (C=O) groups is 3. The van der Waals surface area contributed by atoms with E-state index in [1.807, 2.05) is 89.5 Å². The van der Waals surface area contributed by atoms with E-state index in [-0.39, 0.29) is 99.9 Å². The number of hydrogen-bond donors (Lipinski definition) is 5. The maximum Gasteiger partial charge on any atom is 0.264 e. The fourth-order valence-electron chi connectivity index (χ4n) is 27.6. The van der Waals surface area contributed by atoms with Crippen LogP contribution in [0.2, 0.25) is 15.1 Å². The van der Waals surface area contributed by atoms with Crippen molar-refractivity contribution >= 4 is 105 Å². The minimum atomic E-state index is -3.93. The molecule has 3 spiro atoms. The van der Waals surface area contributed by atoms with Crippen molar-refractivity contribution in [2.75, 3.05) is 141 Å². The number of likely N-dealkylation sites (tertiary alicyclic amines) is 1. The van der Waals surface area contributed by atoms with Crippen LogP contribution in [0.15, 0.2) is 109 Å². The Kier molecular flexibility index (Phi) is 32.5. The van der Waals surface area contributed by atoms with Gasteiger partial charge in [0.2, 0.25) is 20.0 Å². The molecule has 6 aromatic carbocycles. The second-order valence-corrected chi connectivity index (χ2v) is 54.4. The van der Waals surface area contributed by atoms with E-state index in [1.54, 1.807) is 32.0 Å². The SMILES string of the molecule is C=S1(=O)NC(=O)c2ccc3c(c2)N(C[C@@H]2CC[C@H]2[C@H](C2OCC(NC)CO2)CCC[C@H](C)[C@H]1C)C[C@@]1(CCCc2cc(Cl)ccc21)CO3.CNC1COC([C@H]2CCC[C@H](C)[C@@H](C)S(=O)(=O)NC(=O)c3ccc4c(c3)N(C[C@@H]3CC[C@H]32)C[C@@]2(CCCc3cc(Cl)ccc32)CO4)OC1.C[C@@H]1[C@@H](C)CCC[C@H](C2OCC(N3CC(F)C3)CO2)[C@@H]2CC[C@H]2CN2C[C@@]3(CCCc4cc(Cl)ccc43)COc3ccc(cc32)C(=O)NS1(=O)=O. The number of rotatable bonds is 6. The monoisotopic (exact) mass is 2140 g/mol. The van der Waals surface area contributed by atoms with Gasteiger partial charge in [0.1, 0.15) is 23.4 Å². The largest absolute Gasteiger partial charge is 0.490 e. The smallest absolute Gasteiger partial charge is 0.264 e. The summed E-state index contributed by atoms with van der Waals surface area (Å²) in [5.74, 6) is 7.69. The predicted octanol–water partition coefficient (Wildman–Crippen LogP) is 17.8. The Bertz CT molecular complexity index is 5870. The number of nitrogens with one attached hydrogen (secondary N) is 5. The summed E-state index contributed by atoms with van der Waals surface area (Å²) in [5.41, 5.74) is 10.7. The Morgan fingerprint density at radius 3 is 1.01 bits per heavy atom. The number of ether oxygens (including phenoxy) is 9. The van der Waals surface area contributed by atoms with Crippen LogP contribution in [0.1, 0.15) is 241 Å². The highest BCUT2D eigenvalue weighted by Gasteiger charge is 2.54. The number of nitrogens with zero attached hydrogens (tertiary/aromatic N) is 4. The minimum absolute atomic E-state index is 0.0742. The Labute approximate surface area is 885 Å². The molecule has 10 aliphatic heterocycles. The summed E-state index contributed by atoms with van der Waals surface area (Å²) in [7, 11) is -6.84. The van der Waals surface area contributed by atoms with Crippen molar-refractivity contribution in [1.29, 1.82) is 0 Å². The van der Waals surface area contributed by atoms with Crippen LogP contribution >= 0.6 is 34.8 Å². The molecule has 6 bridgehead atoms. The van der Waals surface area contributed by atoms with Crippen molar-refractivity contribution in [1.82, 2.24) is 29.7 Å². The zero-order valence-electron chi connectivity index (χ0n) is 86.8. The molecule has 0 radical (unpaired) electrons. The first-order valence-electron chi connectivity index (χ1n) is 54.8. The molecular weight excluding hydrogens is 1990 g/mol. The van der Waals surface area contributed by atoms with Crippen molar-refractivity contribution in [3.63, 3.8) is 0 Å². The number of anilines is 3. The van der Waals surface area contributed by atoms with Crippen LogP contribution in [0.3, 0.4) is 0 Å². The summed E-state index contributed by atoms with van der Waals surface area (Å²) in [6, 6.07) is 35.6. The van der Waals surface area contributed by atoms with E-state index in [9.17, 15) is 39.8 Å². The average Bonchev–Trinajstić information content (AvgIpc) is 1.71. The molecule has 22 rings (SSSR count). The molecule has 6 aromatic rings. The predicted molar refractivity (Wildman–Crippen MR) is 576 cm³/mol. The highest BCUT2D eigenvalue weighted by molar-refractivity contribution is 7.99. The molecule has 147 heavy (non-hydrogen) atoms. The van der Waals surface area contributed by atoms with E-state index in [1.165, 1.54) is 33.4 Å². The molecule has 1 unspecified atom stereocenters. The number of alkyl halides is 1. The molecule has 10 heterocycles. The first kappa shape index (κ1) is 107. The van der Waals surface area contributed by atoms with Crippen molar-refractivity contribution in [2.45, 2.75) is 271 Å². The number of aryl methyl sites for hydroxylation is 3. The van der Waals surface area contributed by atoms with Crippen LogP contribution in [0, 0.1) is 71.0 Å². The third-order valence-electron chi connectivity index (χ3n) is 37.7. The van der Waals surface area contributed by atoms with Gasteiger partial charge in [-0.05, 0) is 353 Å². The van der Waals surface area contributed by atoms with Crippen LogP contribution in [-0.4, -0.2) is 234 Å². The van der Waals surface area contributed by atoms with Crippen molar-refractivity contribution in [3.05, 3.63) is 174 Å². The minimum Gasteiger partial charge on any atom is -0.490 e. The molecule has 802 valence electrons. The maximum absolute atomic E-state index is 13.9. The lowest BCUT2D eigenvalue weighted by atomic mass is 9.64. The van der Waals surface area contributed by atoms with Gasteiger partial charge in [-0.15, -0.1) is 0 Å². The molecule has 0 aromatic heterocycles. The van der Waals surface area contributed by atoms with E-state index in [0.29, 0.717) is 143 Å². The number of benzene rings is 6. The highest BCUT2D eigenvalue weighted by atomic mass is 35.5. The van der Waals surface area contributed by atoms with E-state index < -0.39 is 58.2 Å². The lowest BCUT2D eigenvalue weighted by Crippen LogP contribution is -2.59. The summed E-state index contributed by atoms with van der Waals surface area (Å²) in [5, 5.41) is 7.08. The molecule has 3 saturated carbocycles. The average molecular weight is 2140 g/mol. The van der Waals surface area contributed by atoms with E-state index in [0.717, 1.165) is 224 Å². The van der Waals surface area contributed by atoms with Gasteiger partial charge < -0.3 is 68.0 Å². The van der Waals surface area contributed by atoms with Crippen molar-refractivity contribution in [2.24, 2.45) is 71.0 Å². The van der Waals surface area contributed by atoms with Crippen LogP contribution < -0.4 is 53.7 Å². The standard InChI is InChI=1S/C39H51ClFN3O6S.C38H52ClN3O5S.C37H50ClN3O6S/c1-24-5-3-7-33(38-48-20-31(21-49-38)43-18-30(41)19-43)32-11-8-28(32)17-44-22-39(14-4-6-26-15-29(40)10-12-34(26)39)23-50-36-13-9-27(16-35(36)44)37(45)42-51(46,47)25(24)2;1-24-7-5-9-32(37-45-20-30(40-3)21-46-37)31-13-10-28(31)19-42-22-38(16-6-8-26-17-29(39)12-14-33(26)38)23-47-35-15-11-27(18-34(35)42)36(43)41-48(4,44)25(24)2;1-23-6-4-8-31(36-45-19-29(39-3)20-46-36)30-12-9-27(30)18-41-21-37(15-5-7-25-16-28(38)11-13-32(25)37)22-47-34-14-10-26(17-33(34)41)35(42)40-48(43,44)24(23)2/h9-10,12-13,15-16,24-25,28,30-33,38H,3-8,11,14,17-23H2,1-2H3,(H,42,45);11-12,14-15,17-18,24-25,28,30-32,37,40H,4-10,13,16,19-23H2,1-3H3,(H,41,43,44);10-11,13-14,16-17,23-24,27,29-31,36,39H,4-9,12,15,18-22H2,1-3H3,(H,40,42)/t24-,25+,28-,31?,32+,33-,38?,39-;24-,25+,28-,30?,31+,32+,37?,38-,48?;23-,24+,27-,29?,30+,31-,36?,37-/m000/s1. The second kappa shape index (κ2) is 44.8. The number of halogens is 4. The van der Waals surface area contributed by atoms with Gasteiger partial charge in [-0.1, -0.05) is 93.0 Å². The number of carbonyl (C=O) groups excluding carboxylic acids is 3. The normalized spacial score (nSPS) is 36.2. The zero-order valence-corrected chi connectivity index (χ0v) is 91.5. The topological polar surface area (TPSA) is 293 Å². The van der Waals surface area contributed by atoms with Crippen LogP contribution in [-0.2, 0) is 93.7 Å². The highest BCUT2D eigenvalue weighted by Crippen LogP contribution is 2.56. The second-order valence-electron chi connectivity index (χ2n) is 46.6. The Hall–Kier alpha value is -7.11. The third kappa shape index (κ3) is 22.7. The summed E-state index contributed by atoms with van der Waals surface area (Å²) in [6.45, 7) is 22.1. The number of amides is 3. The molecule has 4 saturated heterocycles. The molecule has 16 aliphatic rings. The molecule has 19 atom stereocenters. The van der Waals surface area contributed by atoms with Gasteiger partial charge in [0, 0.05) is 123 Å². The van der Waals surface area contributed by atoms with Gasteiger partial charge in [0.25, 0.3) is 17.7 Å². The summed E-state index contributed by atoms with van der Waals surface area (Å²) in [4.78, 5) is 50.3. The van der Waals surface area contributed by atoms with Gasteiger partial charge >= 0.3 is 0 Å². The molecular formula is C114H153Cl3FN9O17S3. The lowest BCUT2D eigenvalue weighted by Gasteiger charge is -2.50. The number of sulfonamides is 2. The molecule has 33 heteroatoms. The molecule has 6 aliphatic carbocycles. The fourth-order valence-corrected chi connectivity index (χ4v) is 32.3.